The Bertz CT molecular complexity index is 1230. The number of fused-ring (bicyclic) bond motifs is 3. The van der Waals surface area contributed by atoms with E-state index in [-0.39, 0.29) is 0 Å². The number of unbranched alkanes of at least 4 members (excludes halogenated alkanes) is 1. The highest BCUT2D eigenvalue weighted by Crippen LogP contribution is 2.40. The standard InChI is InChI=1S/C24H21BrN4O2S/c1-2-3-14-32-24-27-23-21(28-29-24)17-6-4-5-7-18(17)26-22(31-23)20-13-12-19(30-20)15-8-10-16(25)11-9-15/h4-13,22,26H,2-3,14H2,1H3/t22-/m0/s1. The molecule has 0 bridgehead atoms. The Hall–Kier alpha value is -2.84. The lowest BCUT2D eigenvalue weighted by Crippen LogP contribution is -2.16. The molecule has 0 saturated carbocycles. The van der Waals surface area contributed by atoms with Gasteiger partial charge in [-0.05, 0) is 36.8 Å². The van der Waals surface area contributed by atoms with Crippen LogP contribution >= 0.6 is 27.7 Å². The molecule has 5 rings (SSSR count). The molecule has 1 aliphatic rings. The van der Waals surface area contributed by atoms with Crippen molar-refractivity contribution in [3.8, 4) is 28.5 Å². The number of para-hydroxylation sites is 1. The van der Waals surface area contributed by atoms with E-state index in [4.69, 9.17) is 9.15 Å². The van der Waals surface area contributed by atoms with Gasteiger partial charge in [0.1, 0.15) is 5.76 Å². The molecule has 6 nitrogen and oxygen atoms in total. The first-order chi connectivity index (χ1) is 15.7. The van der Waals surface area contributed by atoms with Crippen LogP contribution in [0.1, 0.15) is 31.8 Å². The SMILES string of the molecule is CCCCSc1nnc2c(n1)O[C@@H](c1ccc(-c3ccc(Br)cc3)o1)Nc1ccccc1-2. The molecule has 3 heterocycles. The summed E-state index contributed by atoms with van der Waals surface area (Å²) < 4.78 is 13.5. The quantitative estimate of drug-likeness (QED) is 0.223. The summed E-state index contributed by atoms with van der Waals surface area (Å²) in [7, 11) is 0. The van der Waals surface area contributed by atoms with Crippen molar-refractivity contribution >= 4 is 33.4 Å². The fraction of sp³-hybridized carbons (Fsp3) is 0.208. The average molecular weight is 509 g/mol. The summed E-state index contributed by atoms with van der Waals surface area (Å²) in [6, 6.07) is 19.8. The van der Waals surface area contributed by atoms with Gasteiger partial charge >= 0.3 is 0 Å². The van der Waals surface area contributed by atoms with Gasteiger partial charge in [-0.15, -0.1) is 10.2 Å². The van der Waals surface area contributed by atoms with Gasteiger partial charge in [0.25, 0.3) is 0 Å². The predicted molar refractivity (Wildman–Crippen MR) is 130 cm³/mol. The number of nitrogens with zero attached hydrogens (tertiary/aromatic N) is 3. The lowest BCUT2D eigenvalue weighted by atomic mass is 10.1. The molecule has 1 N–H and O–H groups in total. The van der Waals surface area contributed by atoms with E-state index < -0.39 is 6.23 Å². The smallest absolute Gasteiger partial charge is 0.247 e. The maximum atomic E-state index is 6.30. The van der Waals surface area contributed by atoms with E-state index in [1.807, 2.05) is 60.7 Å². The van der Waals surface area contributed by atoms with E-state index in [2.05, 4.69) is 43.4 Å². The van der Waals surface area contributed by atoms with Crippen molar-refractivity contribution in [2.45, 2.75) is 31.1 Å². The van der Waals surface area contributed by atoms with Crippen molar-refractivity contribution in [3.63, 3.8) is 0 Å². The molecule has 2 aromatic heterocycles. The summed E-state index contributed by atoms with van der Waals surface area (Å²) in [5.74, 6) is 2.82. The Morgan fingerprint density at radius 2 is 1.88 bits per heavy atom. The van der Waals surface area contributed by atoms with Crippen molar-refractivity contribution in [2.75, 3.05) is 11.1 Å². The van der Waals surface area contributed by atoms with Crippen molar-refractivity contribution in [1.82, 2.24) is 15.2 Å². The third-order valence-corrected chi connectivity index (χ3v) is 6.53. The number of aromatic nitrogens is 3. The first-order valence-electron chi connectivity index (χ1n) is 10.5. The Kier molecular flexibility index (Phi) is 6.14. The maximum absolute atomic E-state index is 6.30. The number of ether oxygens (including phenoxy) is 1. The fourth-order valence-electron chi connectivity index (χ4n) is 3.41. The third-order valence-electron chi connectivity index (χ3n) is 5.08. The first kappa shape index (κ1) is 21.0. The number of rotatable bonds is 6. The van der Waals surface area contributed by atoms with Crippen LogP contribution in [0, 0.1) is 0 Å². The zero-order chi connectivity index (χ0) is 21.9. The topological polar surface area (TPSA) is 73.1 Å². The van der Waals surface area contributed by atoms with Crippen molar-refractivity contribution in [2.24, 2.45) is 0 Å². The van der Waals surface area contributed by atoms with Gasteiger partial charge < -0.3 is 14.5 Å². The molecule has 32 heavy (non-hydrogen) atoms. The number of halogens is 1. The van der Waals surface area contributed by atoms with E-state index in [1.54, 1.807) is 11.8 Å². The van der Waals surface area contributed by atoms with Gasteiger partial charge in [0.05, 0.1) is 0 Å². The Morgan fingerprint density at radius 3 is 2.72 bits per heavy atom. The van der Waals surface area contributed by atoms with Crippen LogP contribution in [0.2, 0.25) is 0 Å². The number of nitrogens with one attached hydrogen (secondary N) is 1. The molecule has 0 amide bonds. The minimum atomic E-state index is -0.549. The number of thioether (sulfide) groups is 1. The molecule has 0 saturated heterocycles. The zero-order valence-electron chi connectivity index (χ0n) is 17.4. The van der Waals surface area contributed by atoms with Crippen LogP contribution in [0.25, 0.3) is 22.6 Å². The number of anilines is 1. The average Bonchev–Trinajstić information content (AvgIpc) is 3.24. The fourth-order valence-corrected chi connectivity index (χ4v) is 4.53. The van der Waals surface area contributed by atoms with E-state index in [0.29, 0.717) is 22.5 Å². The van der Waals surface area contributed by atoms with Crippen LogP contribution < -0.4 is 10.1 Å². The Balaban J connectivity index is 1.49. The van der Waals surface area contributed by atoms with Gasteiger partial charge in [-0.3, -0.25) is 0 Å². The van der Waals surface area contributed by atoms with Gasteiger partial charge in [0, 0.05) is 27.0 Å². The lowest BCUT2D eigenvalue weighted by Gasteiger charge is -2.16. The van der Waals surface area contributed by atoms with Crippen molar-refractivity contribution < 1.29 is 9.15 Å². The summed E-state index contributed by atoms with van der Waals surface area (Å²) in [6.45, 7) is 2.17. The van der Waals surface area contributed by atoms with Crippen LogP contribution in [0.15, 0.2) is 74.7 Å². The monoisotopic (exact) mass is 508 g/mol. The predicted octanol–water partition coefficient (Wildman–Crippen LogP) is 6.96. The molecule has 162 valence electrons. The molecule has 4 aromatic rings. The van der Waals surface area contributed by atoms with Crippen LogP contribution in [0.4, 0.5) is 5.69 Å². The van der Waals surface area contributed by atoms with Gasteiger partial charge in [-0.25, -0.2) is 0 Å². The highest BCUT2D eigenvalue weighted by molar-refractivity contribution is 9.10. The summed E-state index contributed by atoms with van der Waals surface area (Å²) in [6.07, 6.45) is 1.68. The summed E-state index contributed by atoms with van der Waals surface area (Å²) >= 11 is 5.06. The molecule has 0 aliphatic carbocycles. The third kappa shape index (κ3) is 4.38. The Labute approximate surface area is 198 Å². The van der Waals surface area contributed by atoms with E-state index >= 15 is 0 Å². The molecule has 0 fully saturated rings. The van der Waals surface area contributed by atoms with Gasteiger partial charge in [0.2, 0.25) is 17.3 Å². The lowest BCUT2D eigenvalue weighted by molar-refractivity contribution is 0.196. The van der Waals surface area contributed by atoms with Crippen LogP contribution in [-0.4, -0.2) is 20.9 Å². The first-order valence-corrected chi connectivity index (χ1v) is 12.2. The second-order valence-corrected chi connectivity index (χ2v) is 9.32. The van der Waals surface area contributed by atoms with Crippen LogP contribution in [0.5, 0.6) is 5.88 Å². The minimum Gasteiger partial charge on any atom is -0.455 e. The van der Waals surface area contributed by atoms with E-state index in [1.165, 1.54) is 0 Å². The molecule has 0 spiro atoms. The molecule has 2 aromatic carbocycles. The molecular formula is C24H21BrN4O2S. The summed E-state index contributed by atoms with van der Waals surface area (Å²) in [5.41, 5.74) is 3.40. The van der Waals surface area contributed by atoms with Crippen molar-refractivity contribution in [1.29, 1.82) is 0 Å². The van der Waals surface area contributed by atoms with Crippen LogP contribution in [-0.2, 0) is 0 Å². The number of furan rings is 1. The van der Waals surface area contributed by atoms with E-state index in [9.17, 15) is 0 Å². The molecule has 1 atom stereocenters. The van der Waals surface area contributed by atoms with Crippen molar-refractivity contribution in [3.05, 3.63) is 70.9 Å². The number of benzene rings is 2. The molecule has 8 heteroatoms. The van der Waals surface area contributed by atoms with E-state index in [0.717, 1.165) is 45.6 Å². The minimum absolute atomic E-state index is 0.447. The Morgan fingerprint density at radius 1 is 1.03 bits per heavy atom. The molecule has 1 aliphatic heterocycles. The second kappa shape index (κ2) is 9.34. The highest BCUT2D eigenvalue weighted by Gasteiger charge is 2.28. The number of hydrogen-bond acceptors (Lipinski definition) is 7. The summed E-state index contributed by atoms with van der Waals surface area (Å²) in [4.78, 5) is 4.67. The van der Waals surface area contributed by atoms with Gasteiger partial charge in [0.15, 0.2) is 11.5 Å². The zero-order valence-corrected chi connectivity index (χ0v) is 19.8. The molecule has 0 radical (unpaired) electrons. The highest BCUT2D eigenvalue weighted by atomic mass is 79.9. The maximum Gasteiger partial charge on any atom is 0.247 e. The largest absolute Gasteiger partial charge is 0.455 e. The van der Waals surface area contributed by atoms with Gasteiger partial charge in [-0.1, -0.05) is 71.4 Å². The number of hydrogen-bond donors (Lipinski definition) is 1. The molecule has 0 unspecified atom stereocenters. The molecular weight excluding hydrogens is 488 g/mol. The van der Waals surface area contributed by atoms with Crippen LogP contribution in [0.3, 0.4) is 0 Å². The second-order valence-electron chi connectivity index (χ2n) is 7.35. The van der Waals surface area contributed by atoms with Gasteiger partial charge in [-0.2, -0.15) is 4.98 Å². The summed E-state index contributed by atoms with van der Waals surface area (Å²) in [5, 5.41) is 12.8. The normalized spacial score (nSPS) is 14.6.